The number of halogens is 1. The quantitative estimate of drug-likeness (QED) is 0.871. The minimum atomic E-state index is -1.07. The van der Waals surface area contributed by atoms with Crippen LogP contribution in [0.4, 0.5) is 0 Å². The van der Waals surface area contributed by atoms with E-state index >= 15 is 0 Å². The molecule has 2 N–H and O–H groups in total. The summed E-state index contributed by atoms with van der Waals surface area (Å²) in [4.78, 5) is 22.0. The predicted molar refractivity (Wildman–Crippen MR) is 63.1 cm³/mol. The van der Waals surface area contributed by atoms with Crippen molar-refractivity contribution in [1.29, 1.82) is 0 Å². The van der Waals surface area contributed by atoms with Crippen LogP contribution < -0.4 is 5.56 Å². The molecule has 0 fully saturated rings. The van der Waals surface area contributed by atoms with Crippen LogP contribution in [0.3, 0.4) is 0 Å². The van der Waals surface area contributed by atoms with Crippen LogP contribution in [0.2, 0.25) is 5.02 Å². The molecule has 6 heteroatoms. The van der Waals surface area contributed by atoms with Crippen LogP contribution >= 0.6 is 11.6 Å². The van der Waals surface area contributed by atoms with E-state index in [0.29, 0.717) is 10.7 Å². The number of aromatic amines is 1. The average molecular weight is 253 g/mol. The van der Waals surface area contributed by atoms with Crippen LogP contribution in [0.25, 0.3) is 11.3 Å². The molecule has 0 unspecified atom stereocenters. The van der Waals surface area contributed by atoms with Crippen molar-refractivity contribution in [3.8, 4) is 11.3 Å². The van der Waals surface area contributed by atoms with Gasteiger partial charge in [0.2, 0.25) is 0 Å². The van der Waals surface area contributed by atoms with Gasteiger partial charge in [-0.05, 0) is 17.7 Å². The number of hydrogen-bond acceptors (Lipinski definition) is 2. The molecule has 5 nitrogen and oxygen atoms in total. The van der Waals surface area contributed by atoms with E-state index in [-0.39, 0.29) is 12.1 Å². The van der Waals surface area contributed by atoms with Crippen LogP contribution in [0.1, 0.15) is 0 Å². The molecule has 0 aliphatic rings. The van der Waals surface area contributed by atoms with Gasteiger partial charge >= 0.3 is 5.97 Å². The summed E-state index contributed by atoms with van der Waals surface area (Å²) in [5.74, 6) is -1.07. The van der Waals surface area contributed by atoms with Crippen LogP contribution in [-0.4, -0.2) is 20.9 Å². The molecule has 2 aromatic rings. The number of nitrogens with one attached hydrogen (secondary N) is 1. The van der Waals surface area contributed by atoms with E-state index in [1.165, 1.54) is 6.07 Å². The molecule has 0 saturated heterocycles. The summed E-state index contributed by atoms with van der Waals surface area (Å²) in [7, 11) is 0. The summed E-state index contributed by atoms with van der Waals surface area (Å²) in [6, 6.07) is 8.25. The molecule has 0 bridgehead atoms. The monoisotopic (exact) mass is 252 g/mol. The first-order chi connectivity index (χ1) is 8.06. The Kier molecular flexibility index (Phi) is 3.01. The molecular weight excluding hydrogens is 244 g/mol. The van der Waals surface area contributed by atoms with Gasteiger partial charge in [0.1, 0.15) is 6.54 Å². The van der Waals surface area contributed by atoms with Crippen molar-refractivity contribution in [1.82, 2.24) is 9.78 Å². The Bertz CT molecular complexity index is 598. The zero-order valence-corrected chi connectivity index (χ0v) is 9.44. The van der Waals surface area contributed by atoms with Crippen molar-refractivity contribution in [2.45, 2.75) is 6.54 Å². The lowest BCUT2D eigenvalue weighted by Crippen LogP contribution is -2.20. The highest BCUT2D eigenvalue weighted by atomic mass is 35.5. The summed E-state index contributed by atoms with van der Waals surface area (Å²) in [6.07, 6.45) is 0. The van der Waals surface area contributed by atoms with Crippen molar-refractivity contribution in [2.24, 2.45) is 0 Å². The number of rotatable bonds is 3. The first-order valence-corrected chi connectivity index (χ1v) is 5.21. The zero-order valence-electron chi connectivity index (χ0n) is 8.68. The van der Waals surface area contributed by atoms with E-state index in [1.807, 2.05) is 0 Å². The van der Waals surface area contributed by atoms with Crippen molar-refractivity contribution in [3.05, 3.63) is 45.7 Å². The predicted octanol–water partition coefficient (Wildman–Crippen LogP) is 1.58. The molecule has 0 amide bonds. The molecule has 1 heterocycles. The number of aromatic nitrogens is 2. The lowest BCUT2D eigenvalue weighted by atomic mass is 10.2. The summed E-state index contributed by atoms with van der Waals surface area (Å²) < 4.78 is 1.03. The minimum absolute atomic E-state index is 0.377. The molecule has 0 aliphatic carbocycles. The van der Waals surface area contributed by atoms with E-state index in [0.717, 1.165) is 10.2 Å². The molecule has 1 aromatic carbocycles. The Morgan fingerprint density at radius 2 is 2.00 bits per heavy atom. The Balaban J connectivity index is 2.37. The molecule has 1 aromatic heterocycles. The fraction of sp³-hybridized carbons (Fsp3) is 0.0909. The minimum Gasteiger partial charge on any atom is -0.480 e. The smallest absolute Gasteiger partial charge is 0.325 e. The van der Waals surface area contributed by atoms with Gasteiger partial charge in [-0.2, -0.15) is 0 Å². The molecule has 0 spiro atoms. The van der Waals surface area contributed by atoms with Crippen molar-refractivity contribution >= 4 is 17.6 Å². The highest BCUT2D eigenvalue weighted by molar-refractivity contribution is 6.30. The number of carbonyl (C=O) groups is 1. The maximum Gasteiger partial charge on any atom is 0.325 e. The third kappa shape index (κ3) is 2.57. The number of H-pyrrole nitrogens is 1. The van der Waals surface area contributed by atoms with Gasteiger partial charge in [0.15, 0.2) is 0 Å². The van der Waals surface area contributed by atoms with Crippen LogP contribution in [0.15, 0.2) is 35.1 Å². The van der Waals surface area contributed by atoms with E-state index in [2.05, 4.69) is 5.10 Å². The molecule has 2 rings (SSSR count). The molecule has 17 heavy (non-hydrogen) atoms. The highest BCUT2D eigenvalue weighted by Gasteiger charge is 2.07. The molecule has 0 radical (unpaired) electrons. The Morgan fingerprint density at radius 1 is 1.35 bits per heavy atom. The maximum atomic E-state index is 11.5. The van der Waals surface area contributed by atoms with Crippen molar-refractivity contribution in [2.75, 3.05) is 0 Å². The maximum absolute atomic E-state index is 11.5. The molecule has 0 saturated carbocycles. The summed E-state index contributed by atoms with van der Waals surface area (Å²) in [6.45, 7) is -0.383. The SMILES string of the molecule is O=C(O)Cn1[nH]c(-c2ccc(Cl)cc2)cc1=O. The highest BCUT2D eigenvalue weighted by Crippen LogP contribution is 2.18. The second-order valence-electron chi connectivity index (χ2n) is 3.49. The Morgan fingerprint density at radius 3 is 2.59 bits per heavy atom. The number of carboxylic acid groups (broad SMARTS) is 1. The van der Waals surface area contributed by atoms with Crippen LogP contribution in [-0.2, 0) is 11.3 Å². The Labute approximate surface area is 101 Å². The normalized spacial score (nSPS) is 10.4. The fourth-order valence-electron chi connectivity index (χ4n) is 1.46. The number of nitrogens with zero attached hydrogens (tertiary/aromatic N) is 1. The Hall–Kier alpha value is -2.01. The number of aliphatic carboxylic acids is 1. The zero-order chi connectivity index (χ0) is 12.4. The standard InChI is InChI=1S/C11H9ClN2O3/c12-8-3-1-7(2-4-8)9-5-10(15)14(13-9)6-11(16)17/h1-5,13H,6H2,(H,16,17). The molecule has 0 atom stereocenters. The summed E-state index contributed by atoms with van der Waals surface area (Å²) in [5, 5.41) is 11.9. The fourth-order valence-corrected chi connectivity index (χ4v) is 1.59. The first kappa shape index (κ1) is 11.5. The summed E-state index contributed by atoms with van der Waals surface area (Å²) in [5.41, 5.74) is 0.959. The van der Waals surface area contributed by atoms with Gasteiger partial charge in [0.25, 0.3) is 5.56 Å². The largest absolute Gasteiger partial charge is 0.480 e. The van der Waals surface area contributed by atoms with E-state index in [1.54, 1.807) is 24.3 Å². The molecule has 0 aliphatic heterocycles. The van der Waals surface area contributed by atoms with Crippen molar-refractivity contribution < 1.29 is 9.90 Å². The van der Waals surface area contributed by atoms with Crippen LogP contribution in [0.5, 0.6) is 0 Å². The van der Waals surface area contributed by atoms with Gasteiger partial charge in [-0.25, -0.2) is 4.68 Å². The number of benzene rings is 1. The topological polar surface area (TPSA) is 75.1 Å². The van der Waals surface area contributed by atoms with Gasteiger partial charge in [-0.15, -0.1) is 0 Å². The lowest BCUT2D eigenvalue weighted by Gasteiger charge is -1.99. The van der Waals surface area contributed by atoms with E-state index in [9.17, 15) is 9.59 Å². The van der Waals surface area contributed by atoms with Gasteiger partial charge < -0.3 is 5.11 Å². The third-order valence-corrected chi connectivity index (χ3v) is 2.49. The number of carboxylic acids is 1. The average Bonchev–Trinajstić information content (AvgIpc) is 2.60. The second kappa shape index (κ2) is 4.47. The van der Waals surface area contributed by atoms with Crippen molar-refractivity contribution in [3.63, 3.8) is 0 Å². The number of hydrogen-bond donors (Lipinski definition) is 2. The lowest BCUT2D eigenvalue weighted by molar-refractivity contribution is -0.137. The summed E-state index contributed by atoms with van der Waals surface area (Å²) >= 11 is 5.75. The van der Waals surface area contributed by atoms with Gasteiger partial charge in [0, 0.05) is 11.1 Å². The molecule has 88 valence electrons. The van der Waals surface area contributed by atoms with E-state index in [4.69, 9.17) is 16.7 Å². The van der Waals surface area contributed by atoms with Crippen LogP contribution in [0, 0.1) is 0 Å². The third-order valence-electron chi connectivity index (χ3n) is 2.24. The van der Waals surface area contributed by atoms with Gasteiger partial charge in [-0.3, -0.25) is 14.7 Å². The second-order valence-corrected chi connectivity index (χ2v) is 3.93. The first-order valence-electron chi connectivity index (χ1n) is 4.84. The van der Waals surface area contributed by atoms with E-state index < -0.39 is 5.97 Å². The van der Waals surface area contributed by atoms with Gasteiger partial charge in [-0.1, -0.05) is 23.7 Å². The molecular formula is C11H9ClN2O3. The van der Waals surface area contributed by atoms with Gasteiger partial charge in [0.05, 0.1) is 5.69 Å².